The minimum atomic E-state index is -3.27. The lowest BCUT2D eigenvalue weighted by atomic mass is 10.2. The smallest absolute Gasteiger partial charge is 0.313 e. The predicted octanol–water partition coefficient (Wildman–Crippen LogP) is 4.14. The Hall–Kier alpha value is -2.84. The number of ether oxygens (including phenoxy) is 2. The molecule has 0 aliphatic carbocycles. The van der Waals surface area contributed by atoms with Crippen molar-refractivity contribution in [1.29, 1.82) is 0 Å². The van der Waals surface area contributed by atoms with E-state index in [1.165, 1.54) is 0 Å². The van der Waals surface area contributed by atoms with E-state index in [0.717, 1.165) is 5.56 Å². The molecule has 0 aromatic heterocycles. The molecule has 3 aromatic rings. The van der Waals surface area contributed by atoms with E-state index in [1.807, 2.05) is 60.7 Å². The summed E-state index contributed by atoms with van der Waals surface area (Å²) < 4.78 is 25.3. The van der Waals surface area contributed by atoms with Crippen molar-refractivity contribution in [2.75, 3.05) is 12.8 Å². The largest absolute Gasteiger partial charge is 0.488 e. The van der Waals surface area contributed by atoms with E-state index in [1.54, 1.807) is 31.2 Å². The molecule has 0 aliphatic rings. The summed E-state index contributed by atoms with van der Waals surface area (Å²) >= 11 is 0. The number of hydrogen-bond donors (Lipinski definition) is 0. The van der Waals surface area contributed by atoms with Gasteiger partial charge >= 0.3 is 5.97 Å². The van der Waals surface area contributed by atoms with Gasteiger partial charge in [-0.3, -0.25) is 4.79 Å². The molecule has 0 spiro atoms. The molecule has 0 radical (unpaired) electrons. The highest BCUT2D eigenvalue weighted by molar-refractivity contribution is 7.79. The lowest BCUT2D eigenvalue weighted by molar-refractivity contribution is -0.139. The maximum absolute atomic E-state index is 14.2. The van der Waals surface area contributed by atoms with Crippen LogP contribution in [0.1, 0.15) is 12.5 Å². The molecule has 0 saturated carbocycles. The van der Waals surface area contributed by atoms with E-state index < -0.39 is 13.1 Å². The van der Waals surface area contributed by atoms with Crippen LogP contribution in [0.3, 0.4) is 0 Å². The monoisotopic (exact) mass is 394 g/mol. The Kier molecular flexibility index (Phi) is 6.67. The summed E-state index contributed by atoms with van der Waals surface area (Å²) in [6.45, 7) is 2.34. The fraction of sp³-hybridized carbons (Fsp3) is 0.174. The number of carbonyl (C=O) groups excluding carboxylic acids is 1. The van der Waals surface area contributed by atoms with Gasteiger partial charge < -0.3 is 14.0 Å². The molecule has 0 saturated heterocycles. The highest BCUT2D eigenvalue weighted by atomic mass is 31.2. The van der Waals surface area contributed by atoms with Gasteiger partial charge in [-0.25, -0.2) is 0 Å². The molecule has 0 unspecified atom stereocenters. The Morgan fingerprint density at radius 2 is 1.46 bits per heavy atom. The van der Waals surface area contributed by atoms with E-state index in [9.17, 15) is 9.36 Å². The summed E-state index contributed by atoms with van der Waals surface area (Å²) in [7, 11) is -3.27. The highest BCUT2D eigenvalue weighted by Crippen LogP contribution is 2.46. The van der Waals surface area contributed by atoms with Gasteiger partial charge in [0.05, 0.1) is 11.9 Å². The van der Waals surface area contributed by atoms with Gasteiger partial charge in [-0.1, -0.05) is 72.8 Å². The Morgan fingerprint density at radius 1 is 0.857 bits per heavy atom. The van der Waals surface area contributed by atoms with Crippen LogP contribution in [0.25, 0.3) is 0 Å². The lowest BCUT2D eigenvalue weighted by Crippen LogP contribution is -2.25. The molecule has 144 valence electrons. The van der Waals surface area contributed by atoms with Gasteiger partial charge in [0.1, 0.15) is 18.5 Å². The Labute approximate surface area is 165 Å². The minimum Gasteiger partial charge on any atom is -0.488 e. The van der Waals surface area contributed by atoms with Gasteiger partial charge in [0.25, 0.3) is 0 Å². The van der Waals surface area contributed by atoms with Crippen molar-refractivity contribution in [1.82, 2.24) is 0 Å². The van der Waals surface area contributed by atoms with Crippen LogP contribution in [0.4, 0.5) is 0 Å². The van der Waals surface area contributed by atoms with Gasteiger partial charge in [0, 0.05) is 5.30 Å². The SMILES string of the molecule is CCOC(=O)C[P@](=O)(c1ccccc1)c1ccccc1OCc1ccccc1. The standard InChI is InChI=1S/C23H23O4P/c1-2-26-23(24)18-28(25,20-13-7-4-8-14-20)22-16-10-9-15-21(22)27-17-19-11-5-3-6-12-19/h3-16H,2,17-18H2,1H3/t28-/m0/s1. The molecule has 3 aromatic carbocycles. The summed E-state index contributed by atoms with van der Waals surface area (Å²) in [4.78, 5) is 12.3. The van der Waals surface area contributed by atoms with Crippen LogP contribution >= 0.6 is 7.14 Å². The van der Waals surface area contributed by atoms with Crippen LogP contribution in [0.5, 0.6) is 5.75 Å². The van der Waals surface area contributed by atoms with Crippen molar-refractivity contribution in [2.45, 2.75) is 13.5 Å². The second-order valence-electron chi connectivity index (χ2n) is 6.28. The molecule has 0 aliphatic heterocycles. The third-order valence-electron chi connectivity index (χ3n) is 4.32. The molecule has 1 atom stereocenters. The van der Waals surface area contributed by atoms with Crippen LogP contribution < -0.4 is 15.3 Å². The quantitative estimate of drug-likeness (QED) is 0.426. The molecule has 0 fully saturated rings. The second-order valence-corrected chi connectivity index (χ2v) is 9.07. The Bertz CT molecular complexity index is 955. The minimum absolute atomic E-state index is 0.198. The van der Waals surface area contributed by atoms with E-state index >= 15 is 0 Å². The average molecular weight is 394 g/mol. The summed E-state index contributed by atoms with van der Waals surface area (Å²) in [6.07, 6.45) is -0.198. The number of carbonyl (C=O) groups is 1. The average Bonchev–Trinajstić information content (AvgIpc) is 2.74. The Morgan fingerprint density at radius 3 is 2.14 bits per heavy atom. The van der Waals surface area contributed by atoms with Crippen molar-refractivity contribution in [2.24, 2.45) is 0 Å². The number of hydrogen-bond acceptors (Lipinski definition) is 4. The molecule has 0 amide bonds. The van der Waals surface area contributed by atoms with E-state index in [-0.39, 0.29) is 12.8 Å². The fourth-order valence-corrected chi connectivity index (χ4v) is 5.55. The highest BCUT2D eigenvalue weighted by Gasteiger charge is 2.33. The topological polar surface area (TPSA) is 52.6 Å². The molecule has 4 nitrogen and oxygen atoms in total. The fourth-order valence-electron chi connectivity index (χ4n) is 2.99. The Balaban J connectivity index is 1.98. The van der Waals surface area contributed by atoms with Gasteiger partial charge in [-0.05, 0) is 24.6 Å². The number of benzene rings is 3. The molecule has 0 heterocycles. The van der Waals surface area contributed by atoms with Crippen LogP contribution in [0.2, 0.25) is 0 Å². The van der Waals surface area contributed by atoms with Gasteiger partial charge in [0.15, 0.2) is 7.14 Å². The van der Waals surface area contributed by atoms with Crippen LogP contribution in [-0.2, 0) is 20.7 Å². The van der Waals surface area contributed by atoms with Gasteiger partial charge in [-0.15, -0.1) is 0 Å². The summed E-state index contributed by atoms with van der Waals surface area (Å²) in [5.41, 5.74) is 1.01. The maximum Gasteiger partial charge on any atom is 0.313 e. The summed E-state index contributed by atoms with van der Waals surface area (Å²) in [5.74, 6) is 0.0374. The van der Waals surface area contributed by atoms with Crippen molar-refractivity contribution in [3.05, 3.63) is 90.5 Å². The molecule has 28 heavy (non-hydrogen) atoms. The molecular formula is C23H23O4P. The summed E-state index contributed by atoms with van der Waals surface area (Å²) in [6, 6.07) is 26.1. The van der Waals surface area contributed by atoms with E-state index in [2.05, 4.69) is 0 Å². The van der Waals surface area contributed by atoms with Crippen LogP contribution in [0.15, 0.2) is 84.9 Å². The third kappa shape index (κ3) is 4.71. The number of esters is 1. The first-order valence-electron chi connectivity index (χ1n) is 9.20. The van der Waals surface area contributed by atoms with Crippen molar-refractivity contribution < 1.29 is 18.8 Å². The van der Waals surface area contributed by atoms with Crippen LogP contribution in [-0.4, -0.2) is 18.7 Å². The zero-order valence-corrected chi connectivity index (χ0v) is 16.7. The predicted molar refractivity (Wildman–Crippen MR) is 112 cm³/mol. The first-order valence-corrected chi connectivity index (χ1v) is 11.1. The zero-order chi connectivity index (χ0) is 19.8. The first-order chi connectivity index (χ1) is 13.6. The lowest BCUT2D eigenvalue weighted by Gasteiger charge is -2.21. The third-order valence-corrected chi connectivity index (χ3v) is 7.31. The van der Waals surface area contributed by atoms with E-state index in [4.69, 9.17) is 9.47 Å². The molecule has 3 rings (SSSR count). The van der Waals surface area contributed by atoms with Gasteiger partial charge in [-0.2, -0.15) is 0 Å². The molecule has 0 N–H and O–H groups in total. The number of rotatable bonds is 8. The normalized spacial score (nSPS) is 12.8. The van der Waals surface area contributed by atoms with E-state index in [0.29, 0.717) is 23.0 Å². The van der Waals surface area contributed by atoms with Crippen molar-refractivity contribution in [3.8, 4) is 5.75 Å². The maximum atomic E-state index is 14.2. The van der Waals surface area contributed by atoms with Crippen LogP contribution in [0, 0.1) is 0 Å². The zero-order valence-electron chi connectivity index (χ0n) is 15.8. The molecule has 5 heteroatoms. The summed E-state index contributed by atoms with van der Waals surface area (Å²) in [5, 5.41) is 1.14. The number of para-hydroxylation sites is 1. The van der Waals surface area contributed by atoms with Crippen molar-refractivity contribution >= 4 is 23.7 Å². The molecule has 0 bridgehead atoms. The second kappa shape index (κ2) is 9.38. The van der Waals surface area contributed by atoms with Gasteiger partial charge in [0.2, 0.25) is 0 Å². The molecular weight excluding hydrogens is 371 g/mol. The first kappa shape index (κ1) is 19.9. The van der Waals surface area contributed by atoms with Crippen molar-refractivity contribution in [3.63, 3.8) is 0 Å².